The molecule has 0 aliphatic rings. The third-order valence-corrected chi connectivity index (χ3v) is 2.64. The lowest BCUT2D eigenvalue weighted by molar-refractivity contribution is -0.156. The van der Waals surface area contributed by atoms with Crippen LogP contribution >= 0.6 is 0 Å². The highest BCUT2D eigenvalue weighted by Crippen LogP contribution is 2.12. The van der Waals surface area contributed by atoms with Crippen molar-refractivity contribution >= 4 is 17.7 Å². The summed E-state index contributed by atoms with van der Waals surface area (Å²) < 4.78 is 15.4. The molecule has 8 heteroatoms. The number of nitrogens with zero attached hydrogens (tertiary/aromatic N) is 1. The Balaban J connectivity index is 2.45. The van der Waals surface area contributed by atoms with Gasteiger partial charge in [0, 0.05) is 13.2 Å². The number of carbonyl (C=O) groups is 2. The zero-order valence-corrected chi connectivity index (χ0v) is 14.7. The zero-order valence-electron chi connectivity index (χ0n) is 14.7. The average molecular weight is 339 g/mol. The molecule has 2 amide bonds. The van der Waals surface area contributed by atoms with Crippen LogP contribution in [0, 0.1) is 0 Å². The van der Waals surface area contributed by atoms with E-state index in [9.17, 15) is 9.59 Å². The number of esters is 1. The van der Waals surface area contributed by atoms with E-state index in [4.69, 9.17) is 14.2 Å². The molecule has 1 rings (SSSR count). The number of hydrogen-bond acceptors (Lipinski definition) is 6. The standard InChI is InChI=1S/C16H25N3O5/c1-11(14(20)24-16(2,3)4)18-15(21)19-12-6-7-13(17-10-12)23-9-8-22-5/h6-7,10-11H,8-9H2,1-5H3,(H2,18,19,21). The number of rotatable bonds is 7. The Morgan fingerprint density at radius 2 is 1.96 bits per heavy atom. The molecule has 0 spiro atoms. The predicted molar refractivity (Wildman–Crippen MR) is 89.1 cm³/mol. The Kier molecular flexibility index (Phi) is 7.44. The topological polar surface area (TPSA) is 98.8 Å². The van der Waals surface area contributed by atoms with Crippen LogP contribution in [0.2, 0.25) is 0 Å². The molecule has 0 aliphatic heterocycles. The minimum atomic E-state index is -0.770. The maximum atomic E-state index is 11.9. The molecule has 1 heterocycles. The van der Waals surface area contributed by atoms with E-state index in [0.29, 0.717) is 24.8 Å². The van der Waals surface area contributed by atoms with Crippen molar-refractivity contribution in [3.63, 3.8) is 0 Å². The molecule has 0 bridgehead atoms. The second-order valence-corrected chi connectivity index (χ2v) is 6.08. The summed E-state index contributed by atoms with van der Waals surface area (Å²) in [7, 11) is 1.58. The van der Waals surface area contributed by atoms with E-state index < -0.39 is 23.6 Å². The molecule has 1 aromatic heterocycles. The van der Waals surface area contributed by atoms with Crippen molar-refractivity contribution in [2.24, 2.45) is 0 Å². The van der Waals surface area contributed by atoms with Crippen molar-refractivity contribution in [2.45, 2.75) is 39.3 Å². The minimum absolute atomic E-state index is 0.393. The predicted octanol–water partition coefficient (Wildman–Crippen LogP) is 1.96. The first-order chi connectivity index (χ1) is 11.2. The van der Waals surface area contributed by atoms with Crippen LogP contribution in [0.3, 0.4) is 0 Å². The van der Waals surface area contributed by atoms with Gasteiger partial charge in [0.1, 0.15) is 18.2 Å². The fraction of sp³-hybridized carbons (Fsp3) is 0.562. The van der Waals surface area contributed by atoms with Crippen molar-refractivity contribution in [3.05, 3.63) is 18.3 Å². The third-order valence-electron chi connectivity index (χ3n) is 2.64. The van der Waals surface area contributed by atoms with E-state index in [1.54, 1.807) is 46.9 Å². The Morgan fingerprint density at radius 3 is 2.50 bits per heavy atom. The molecule has 0 saturated heterocycles. The zero-order chi connectivity index (χ0) is 18.2. The van der Waals surface area contributed by atoms with Crippen LogP contribution in [0.5, 0.6) is 5.88 Å². The average Bonchev–Trinajstić information content (AvgIpc) is 2.47. The van der Waals surface area contributed by atoms with E-state index in [0.717, 1.165) is 0 Å². The molecule has 0 radical (unpaired) electrons. The van der Waals surface area contributed by atoms with Crippen LogP contribution in [0.25, 0.3) is 0 Å². The highest BCUT2D eigenvalue weighted by molar-refractivity contribution is 5.92. The van der Waals surface area contributed by atoms with Crippen molar-refractivity contribution in [1.29, 1.82) is 0 Å². The summed E-state index contributed by atoms with van der Waals surface area (Å²) >= 11 is 0. The smallest absolute Gasteiger partial charge is 0.328 e. The molecule has 8 nitrogen and oxygen atoms in total. The van der Waals surface area contributed by atoms with E-state index in [1.807, 2.05) is 0 Å². The van der Waals surface area contributed by atoms with Crippen molar-refractivity contribution in [1.82, 2.24) is 10.3 Å². The maximum absolute atomic E-state index is 11.9. The van der Waals surface area contributed by atoms with E-state index >= 15 is 0 Å². The van der Waals surface area contributed by atoms with Crippen LogP contribution in [0.4, 0.5) is 10.5 Å². The number of hydrogen-bond donors (Lipinski definition) is 2. The van der Waals surface area contributed by atoms with Crippen LogP contribution < -0.4 is 15.4 Å². The van der Waals surface area contributed by atoms with Gasteiger partial charge in [0.2, 0.25) is 5.88 Å². The van der Waals surface area contributed by atoms with Crippen LogP contribution in [-0.4, -0.2) is 49.0 Å². The number of aromatic nitrogens is 1. The summed E-state index contributed by atoms with van der Waals surface area (Å²) in [5, 5.41) is 5.09. The first-order valence-corrected chi connectivity index (χ1v) is 7.59. The summed E-state index contributed by atoms with van der Waals surface area (Å²) in [6.45, 7) is 7.70. The lowest BCUT2D eigenvalue weighted by atomic mass is 10.2. The summed E-state index contributed by atoms with van der Waals surface area (Å²) in [4.78, 5) is 27.8. The summed E-state index contributed by atoms with van der Waals surface area (Å²) in [5.74, 6) is -0.0715. The number of nitrogens with one attached hydrogen (secondary N) is 2. The molecule has 24 heavy (non-hydrogen) atoms. The van der Waals surface area contributed by atoms with Gasteiger partial charge >= 0.3 is 12.0 Å². The molecule has 1 atom stereocenters. The van der Waals surface area contributed by atoms with E-state index in [1.165, 1.54) is 6.20 Å². The van der Waals surface area contributed by atoms with Gasteiger partial charge in [-0.15, -0.1) is 0 Å². The number of urea groups is 1. The van der Waals surface area contributed by atoms with Gasteiger partial charge in [-0.05, 0) is 33.8 Å². The van der Waals surface area contributed by atoms with Crippen LogP contribution in [-0.2, 0) is 14.3 Å². The SMILES string of the molecule is COCCOc1ccc(NC(=O)NC(C)C(=O)OC(C)(C)C)cn1. The first kappa shape index (κ1) is 19.7. The largest absolute Gasteiger partial charge is 0.475 e. The van der Waals surface area contributed by atoms with E-state index in [2.05, 4.69) is 15.6 Å². The van der Waals surface area contributed by atoms with Gasteiger partial charge < -0.3 is 24.8 Å². The molecule has 0 saturated carbocycles. The first-order valence-electron chi connectivity index (χ1n) is 7.59. The lowest BCUT2D eigenvalue weighted by Crippen LogP contribution is -2.43. The second-order valence-electron chi connectivity index (χ2n) is 6.08. The Labute approximate surface area is 141 Å². The number of methoxy groups -OCH3 is 1. The number of amides is 2. The quantitative estimate of drug-likeness (QED) is 0.582. The summed E-state index contributed by atoms with van der Waals surface area (Å²) in [6, 6.07) is 1.98. The molecule has 0 fully saturated rings. The van der Waals surface area contributed by atoms with Gasteiger partial charge in [0.25, 0.3) is 0 Å². The maximum Gasteiger partial charge on any atom is 0.328 e. The van der Waals surface area contributed by atoms with E-state index in [-0.39, 0.29) is 0 Å². The molecule has 2 N–H and O–H groups in total. The highest BCUT2D eigenvalue weighted by Gasteiger charge is 2.22. The Bertz CT molecular complexity index is 540. The Hall–Kier alpha value is -2.35. The van der Waals surface area contributed by atoms with Gasteiger partial charge in [-0.25, -0.2) is 14.6 Å². The number of carbonyl (C=O) groups excluding carboxylic acids is 2. The van der Waals surface area contributed by atoms with Gasteiger partial charge in [0.15, 0.2) is 0 Å². The Morgan fingerprint density at radius 1 is 1.25 bits per heavy atom. The van der Waals surface area contributed by atoms with Crippen molar-refractivity contribution in [3.8, 4) is 5.88 Å². The molecular weight excluding hydrogens is 314 g/mol. The number of ether oxygens (including phenoxy) is 3. The lowest BCUT2D eigenvalue weighted by Gasteiger charge is -2.22. The minimum Gasteiger partial charge on any atom is -0.475 e. The monoisotopic (exact) mass is 339 g/mol. The molecular formula is C16H25N3O5. The molecule has 134 valence electrons. The third kappa shape index (κ3) is 7.77. The van der Waals surface area contributed by atoms with Gasteiger partial charge in [-0.1, -0.05) is 0 Å². The number of anilines is 1. The number of pyridine rings is 1. The van der Waals surface area contributed by atoms with Crippen molar-refractivity contribution in [2.75, 3.05) is 25.6 Å². The van der Waals surface area contributed by atoms with Crippen LogP contribution in [0.15, 0.2) is 18.3 Å². The fourth-order valence-electron chi connectivity index (χ4n) is 1.58. The molecule has 0 aromatic carbocycles. The van der Waals surface area contributed by atoms with Gasteiger partial charge in [0.05, 0.1) is 18.5 Å². The second kappa shape index (κ2) is 9.07. The molecule has 1 unspecified atom stereocenters. The fourth-order valence-corrected chi connectivity index (χ4v) is 1.58. The van der Waals surface area contributed by atoms with Crippen molar-refractivity contribution < 1.29 is 23.8 Å². The molecule has 0 aliphatic carbocycles. The summed E-state index contributed by atoms with van der Waals surface area (Å²) in [6.07, 6.45) is 1.46. The van der Waals surface area contributed by atoms with Gasteiger partial charge in [-0.3, -0.25) is 0 Å². The van der Waals surface area contributed by atoms with Crippen LogP contribution in [0.1, 0.15) is 27.7 Å². The normalized spacial score (nSPS) is 12.2. The summed E-state index contributed by atoms with van der Waals surface area (Å²) in [5.41, 5.74) is -0.130. The highest BCUT2D eigenvalue weighted by atomic mass is 16.6. The van der Waals surface area contributed by atoms with Gasteiger partial charge in [-0.2, -0.15) is 0 Å². The molecule has 1 aromatic rings.